The number of hydrogen-bond donors (Lipinski definition) is 1. The van der Waals surface area contributed by atoms with Gasteiger partial charge in [0, 0.05) is 44.3 Å². The predicted molar refractivity (Wildman–Crippen MR) is 107 cm³/mol. The van der Waals surface area contributed by atoms with Gasteiger partial charge < -0.3 is 15.1 Å². The molecule has 28 heavy (non-hydrogen) atoms. The molecule has 6 nitrogen and oxygen atoms in total. The number of carbonyl (C=O) groups is 1. The zero-order valence-electron chi connectivity index (χ0n) is 15.3. The summed E-state index contributed by atoms with van der Waals surface area (Å²) in [5, 5.41) is 2.81. The molecule has 2 aromatic carbocycles. The number of para-hydroxylation sites is 2. The van der Waals surface area contributed by atoms with Crippen LogP contribution >= 0.6 is 0 Å². The molecule has 4 rings (SSSR count). The lowest BCUT2D eigenvalue weighted by molar-refractivity contribution is 0.102. The SMILES string of the molecule is O=C(Nc1ccccc1)c1cnc(N2CCN(c3ccccc3F)CC2)nc1. The Morgan fingerprint density at radius 2 is 1.46 bits per heavy atom. The van der Waals surface area contributed by atoms with E-state index >= 15 is 0 Å². The average molecular weight is 377 g/mol. The number of benzene rings is 2. The second-order valence-electron chi connectivity index (χ2n) is 6.52. The molecule has 3 aromatic rings. The normalized spacial score (nSPS) is 14.0. The Morgan fingerprint density at radius 1 is 0.857 bits per heavy atom. The number of halogens is 1. The number of hydrogen-bond acceptors (Lipinski definition) is 5. The van der Waals surface area contributed by atoms with Crippen LogP contribution in [0.15, 0.2) is 67.0 Å². The second-order valence-corrected chi connectivity index (χ2v) is 6.52. The van der Waals surface area contributed by atoms with Gasteiger partial charge in [-0.3, -0.25) is 4.79 Å². The first kappa shape index (κ1) is 17.9. The average Bonchev–Trinajstić information content (AvgIpc) is 2.75. The summed E-state index contributed by atoms with van der Waals surface area (Å²) in [5.41, 5.74) is 1.74. The number of nitrogens with zero attached hydrogens (tertiary/aromatic N) is 4. The van der Waals surface area contributed by atoms with Gasteiger partial charge in [0.15, 0.2) is 0 Å². The molecule has 0 bridgehead atoms. The molecule has 142 valence electrons. The Kier molecular flexibility index (Phi) is 5.14. The quantitative estimate of drug-likeness (QED) is 0.757. The lowest BCUT2D eigenvalue weighted by Gasteiger charge is -2.36. The van der Waals surface area contributed by atoms with Crippen molar-refractivity contribution in [3.63, 3.8) is 0 Å². The van der Waals surface area contributed by atoms with Crippen LogP contribution in [0.4, 0.5) is 21.7 Å². The van der Waals surface area contributed by atoms with Crippen molar-refractivity contribution in [1.82, 2.24) is 9.97 Å². The van der Waals surface area contributed by atoms with Crippen molar-refractivity contribution in [3.8, 4) is 0 Å². The Labute approximate surface area is 162 Å². The van der Waals surface area contributed by atoms with Crippen LogP contribution < -0.4 is 15.1 Å². The molecule has 1 aliphatic heterocycles. The van der Waals surface area contributed by atoms with Gasteiger partial charge in [0.2, 0.25) is 5.95 Å². The number of amides is 1. The standard InChI is InChI=1S/C21H20FN5O/c22-18-8-4-5-9-19(18)26-10-12-27(13-11-26)21-23-14-16(15-24-21)20(28)25-17-6-2-1-3-7-17/h1-9,14-15H,10-13H2,(H,25,28). The van der Waals surface area contributed by atoms with Crippen LogP contribution in [0.5, 0.6) is 0 Å². The molecule has 0 aliphatic carbocycles. The smallest absolute Gasteiger partial charge is 0.258 e. The predicted octanol–water partition coefficient (Wildman–Crippen LogP) is 3.19. The molecule has 7 heteroatoms. The number of aromatic nitrogens is 2. The summed E-state index contributed by atoms with van der Waals surface area (Å²) >= 11 is 0. The van der Waals surface area contributed by atoms with E-state index in [0.717, 1.165) is 5.69 Å². The van der Waals surface area contributed by atoms with Crippen LogP contribution in [0, 0.1) is 5.82 Å². The Bertz CT molecular complexity index is 941. The van der Waals surface area contributed by atoms with E-state index in [0.29, 0.717) is 43.4 Å². The summed E-state index contributed by atoms with van der Waals surface area (Å²) in [6.07, 6.45) is 3.06. The van der Waals surface area contributed by atoms with E-state index in [2.05, 4.69) is 15.3 Å². The number of rotatable bonds is 4. The van der Waals surface area contributed by atoms with Crippen molar-refractivity contribution in [2.24, 2.45) is 0 Å². The fourth-order valence-corrected chi connectivity index (χ4v) is 3.18. The molecule has 1 amide bonds. The van der Waals surface area contributed by atoms with E-state index in [9.17, 15) is 9.18 Å². The molecule has 0 saturated carbocycles. The van der Waals surface area contributed by atoms with E-state index in [-0.39, 0.29) is 11.7 Å². The van der Waals surface area contributed by atoms with Crippen LogP contribution in [0.2, 0.25) is 0 Å². The van der Waals surface area contributed by atoms with Gasteiger partial charge in [0.1, 0.15) is 5.82 Å². The van der Waals surface area contributed by atoms with Gasteiger partial charge in [-0.15, -0.1) is 0 Å². The third-order valence-electron chi connectivity index (χ3n) is 4.69. The molecule has 1 fully saturated rings. The summed E-state index contributed by atoms with van der Waals surface area (Å²) < 4.78 is 14.0. The molecule has 0 radical (unpaired) electrons. The van der Waals surface area contributed by atoms with Crippen molar-refractivity contribution in [2.45, 2.75) is 0 Å². The molecule has 0 spiro atoms. The van der Waals surface area contributed by atoms with Gasteiger partial charge in [-0.1, -0.05) is 30.3 Å². The topological polar surface area (TPSA) is 61.4 Å². The van der Waals surface area contributed by atoms with Gasteiger partial charge in [-0.25, -0.2) is 14.4 Å². The minimum absolute atomic E-state index is 0.207. The maximum absolute atomic E-state index is 14.0. The lowest BCUT2D eigenvalue weighted by atomic mass is 10.2. The van der Waals surface area contributed by atoms with Gasteiger partial charge in [-0.2, -0.15) is 0 Å². The van der Waals surface area contributed by atoms with E-state index in [4.69, 9.17) is 0 Å². The van der Waals surface area contributed by atoms with Crippen molar-refractivity contribution >= 4 is 23.2 Å². The zero-order valence-corrected chi connectivity index (χ0v) is 15.3. The minimum Gasteiger partial charge on any atom is -0.366 e. The van der Waals surface area contributed by atoms with Crippen molar-refractivity contribution < 1.29 is 9.18 Å². The lowest BCUT2D eigenvalue weighted by Crippen LogP contribution is -2.47. The highest BCUT2D eigenvalue weighted by molar-refractivity contribution is 6.03. The van der Waals surface area contributed by atoms with Gasteiger partial charge in [-0.05, 0) is 24.3 Å². The Balaban J connectivity index is 1.37. The van der Waals surface area contributed by atoms with Crippen LogP contribution in [0.3, 0.4) is 0 Å². The fourth-order valence-electron chi connectivity index (χ4n) is 3.18. The first-order valence-corrected chi connectivity index (χ1v) is 9.13. The molecular weight excluding hydrogens is 357 g/mol. The molecule has 1 saturated heterocycles. The maximum atomic E-state index is 14.0. The van der Waals surface area contributed by atoms with Gasteiger partial charge >= 0.3 is 0 Å². The summed E-state index contributed by atoms with van der Waals surface area (Å²) in [6.45, 7) is 2.73. The number of piperazine rings is 1. The Morgan fingerprint density at radius 3 is 2.14 bits per heavy atom. The summed E-state index contributed by atoms with van der Waals surface area (Å²) in [6, 6.07) is 16.0. The zero-order chi connectivity index (χ0) is 19.3. The summed E-state index contributed by atoms with van der Waals surface area (Å²) in [4.78, 5) is 25.0. The summed E-state index contributed by atoms with van der Waals surface area (Å²) in [5.74, 6) is 0.118. The highest BCUT2D eigenvalue weighted by Gasteiger charge is 2.21. The van der Waals surface area contributed by atoms with Crippen molar-refractivity contribution in [1.29, 1.82) is 0 Å². The van der Waals surface area contributed by atoms with Crippen molar-refractivity contribution in [2.75, 3.05) is 41.3 Å². The van der Waals surface area contributed by atoms with Gasteiger partial charge in [0.25, 0.3) is 5.91 Å². The van der Waals surface area contributed by atoms with Crippen molar-refractivity contribution in [3.05, 3.63) is 78.4 Å². The molecule has 0 unspecified atom stereocenters. The first-order chi connectivity index (χ1) is 13.7. The largest absolute Gasteiger partial charge is 0.366 e. The molecule has 0 atom stereocenters. The third kappa shape index (κ3) is 3.93. The maximum Gasteiger partial charge on any atom is 0.258 e. The monoisotopic (exact) mass is 377 g/mol. The molecule has 1 aliphatic rings. The highest BCUT2D eigenvalue weighted by atomic mass is 19.1. The van der Waals surface area contributed by atoms with E-state index in [1.54, 1.807) is 12.1 Å². The summed E-state index contributed by atoms with van der Waals surface area (Å²) in [7, 11) is 0. The molecule has 1 aromatic heterocycles. The van der Waals surface area contributed by atoms with E-state index in [1.165, 1.54) is 18.5 Å². The van der Waals surface area contributed by atoms with E-state index in [1.807, 2.05) is 46.2 Å². The van der Waals surface area contributed by atoms with Crippen LogP contribution in [-0.4, -0.2) is 42.1 Å². The highest BCUT2D eigenvalue weighted by Crippen LogP contribution is 2.21. The first-order valence-electron chi connectivity index (χ1n) is 9.13. The van der Waals surface area contributed by atoms with E-state index < -0.39 is 0 Å². The second kappa shape index (κ2) is 8.04. The third-order valence-corrected chi connectivity index (χ3v) is 4.69. The molecule has 2 heterocycles. The van der Waals surface area contributed by atoms with Gasteiger partial charge in [0.05, 0.1) is 11.3 Å². The minimum atomic E-state index is -0.248. The number of carbonyl (C=O) groups excluding carboxylic acids is 1. The fraction of sp³-hybridized carbons (Fsp3) is 0.190. The van der Waals surface area contributed by atoms with Crippen LogP contribution in [0.1, 0.15) is 10.4 Å². The Hall–Kier alpha value is -3.48. The van der Waals surface area contributed by atoms with Crippen LogP contribution in [-0.2, 0) is 0 Å². The number of nitrogens with one attached hydrogen (secondary N) is 1. The molecule has 1 N–H and O–H groups in total. The number of anilines is 3. The van der Waals surface area contributed by atoms with Crippen LogP contribution in [0.25, 0.3) is 0 Å². The molecular formula is C21H20FN5O.